The van der Waals surface area contributed by atoms with Gasteiger partial charge < -0.3 is 4.74 Å². The average Bonchev–Trinajstić information content (AvgIpc) is 2.61. The fourth-order valence-electron chi connectivity index (χ4n) is 2.38. The highest BCUT2D eigenvalue weighted by Gasteiger charge is 2.07. The van der Waals surface area contributed by atoms with Crippen molar-refractivity contribution in [2.24, 2.45) is 0 Å². The highest BCUT2D eigenvalue weighted by molar-refractivity contribution is 7.98. The summed E-state index contributed by atoms with van der Waals surface area (Å²) >= 11 is 1.63. The summed E-state index contributed by atoms with van der Waals surface area (Å²) in [6.07, 6.45) is 0.852. The third-order valence-corrected chi connectivity index (χ3v) is 4.72. The molecule has 3 rings (SSSR count). The molecule has 0 bridgehead atoms. The summed E-state index contributed by atoms with van der Waals surface area (Å²) in [7, 11) is 0. The molecule has 4 heteroatoms. The summed E-state index contributed by atoms with van der Waals surface area (Å²) in [4.78, 5) is 9.18. The molecule has 0 aliphatic carbocycles. The van der Waals surface area contributed by atoms with Gasteiger partial charge in [-0.2, -0.15) is 4.98 Å². The van der Waals surface area contributed by atoms with Gasteiger partial charge in [0.2, 0.25) is 5.88 Å². The van der Waals surface area contributed by atoms with Crippen LogP contribution in [0.3, 0.4) is 0 Å². The van der Waals surface area contributed by atoms with Gasteiger partial charge in [0.1, 0.15) is 5.75 Å². The quantitative estimate of drug-likeness (QED) is 0.419. The molecule has 0 aliphatic heterocycles. The number of ether oxygens (including phenoxy) is 1. The first-order valence-electron chi connectivity index (χ1n) is 8.43. The van der Waals surface area contributed by atoms with E-state index in [-0.39, 0.29) is 0 Å². The number of benzene rings is 2. The number of thioether (sulfide) groups is 1. The van der Waals surface area contributed by atoms with E-state index in [1.165, 1.54) is 11.1 Å². The molecule has 128 valence electrons. The molecule has 0 fully saturated rings. The predicted molar refractivity (Wildman–Crippen MR) is 103 cm³/mol. The van der Waals surface area contributed by atoms with Crippen molar-refractivity contribution in [2.75, 3.05) is 0 Å². The SMILES string of the molecule is CCc1cc(Oc2cccc(C)c2)nc(SCc2ccc(C)cc2)n1. The van der Waals surface area contributed by atoms with Crippen LogP contribution in [0.5, 0.6) is 11.6 Å². The van der Waals surface area contributed by atoms with E-state index in [2.05, 4.69) is 48.1 Å². The number of aromatic nitrogens is 2. The summed E-state index contributed by atoms with van der Waals surface area (Å²) in [5.41, 5.74) is 4.69. The second kappa shape index (κ2) is 8.17. The van der Waals surface area contributed by atoms with Crippen LogP contribution in [0.4, 0.5) is 0 Å². The lowest BCUT2D eigenvalue weighted by molar-refractivity contribution is 0.453. The van der Waals surface area contributed by atoms with Crippen LogP contribution in [0.25, 0.3) is 0 Å². The van der Waals surface area contributed by atoms with Gasteiger partial charge in [0.25, 0.3) is 0 Å². The van der Waals surface area contributed by atoms with Gasteiger partial charge in [-0.3, -0.25) is 0 Å². The molecular weight excluding hydrogens is 328 g/mol. The average molecular weight is 350 g/mol. The Morgan fingerprint density at radius 3 is 2.44 bits per heavy atom. The highest BCUT2D eigenvalue weighted by Crippen LogP contribution is 2.26. The molecule has 2 aromatic carbocycles. The van der Waals surface area contributed by atoms with Gasteiger partial charge in [-0.05, 0) is 43.5 Å². The van der Waals surface area contributed by atoms with Crippen molar-refractivity contribution < 1.29 is 4.74 Å². The van der Waals surface area contributed by atoms with Crippen LogP contribution in [0.1, 0.15) is 29.3 Å². The van der Waals surface area contributed by atoms with E-state index in [1.807, 2.05) is 37.3 Å². The Labute approximate surface area is 153 Å². The number of aryl methyl sites for hydroxylation is 3. The first-order valence-corrected chi connectivity index (χ1v) is 9.42. The maximum Gasteiger partial charge on any atom is 0.223 e. The van der Waals surface area contributed by atoms with E-state index in [0.717, 1.165) is 34.3 Å². The zero-order chi connectivity index (χ0) is 17.6. The highest BCUT2D eigenvalue weighted by atomic mass is 32.2. The molecule has 0 unspecified atom stereocenters. The lowest BCUT2D eigenvalue weighted by atomic mass is 10.2. The summed E-state index contributed by atoms with van der Waals surface area (Å²) < 4.78 is 5.95. The Balaban J connectivity index is 1.76. The van der Waals surface area contributed by atoms with Crippen LogP contribution in [-0.4, -0.2) is 9.97 Å². The number of hydrogen-bond donors (Lipinski definition) is 0. The first kappa shape index (κ1) is 17.5. The van der Waals surface area contributed by atoms with E-state index in [0.29, 0.717) is 5.88 Å². The summed E-state index contributed by atoms with van der Waals surface area (Å²) in [6, 6.07) is 18.5. The van der Waals surface area contributed by atoms with E-state index in [4.69, 9.17) is 4.74 Å². The molecule has 0 saturated carbocycles. The Morgan fingerprint density at radius 2 is 1.72 bits per heavy atom. The zero-order valence-electron chi connectivity index (χ0n) is 14.8. The summed E-state index contributed by atoms with van der Waals surface area (Å²) in [6.45, 7) is 6.24. The van der Waals surface area contributed by atoms with Crippen LogP contribution in [0.15, 0.2) is 59.8 Å². The van der Waals surface area contributed by atoms with Crippen LogP contribution >= 0.6 is 11.8 Å². The third kappa shape index (κ3) is 5.07. The van der Waals surface area contributed by atoms with Gasteiger partial charge >= 0.3 is 0 Å². The molecule has 0 radical (unpaired) electrons. The van der Waals surface area contributed by atoms with Crippen LogP contribution in [0.2, 0.25) is 0 Å². The Bertz CT molecular complexity index is 847. The van der Waals surface area contributed by atoms with Crippen molar-refractivity contribution in [3.05, 3.63) is 77.0 Å². The van der Waals surface area contributed by atoms with Gasteiger partial charge in [0.15, 0.2) is 5.16 Å². The molecule has 0 amide bonds. The minimum Gasteiger partial charge on any atom is -0.439 e. The minimum absolute atomic E-state index is 0.601. The van der Waals surface area contributed by atoms with Crippen LogP contribution in [0, 0.1) is 13.8 Å². The van der Waals surface area contributed by atoms with Crippen molar-refractivity contribution in [1.29, 1.82) is 0 Å². The van der Waals surface area contributed by atoms with E-state index >= 15 is 0 Å². The fraction of sp³-hybridized carbons (Fsp3) is 0.238. The molecular formula is C21H22N2OS. The third-order valence-electron chi connectivity index (χ3n) is 3.80. The van der Waals surface area contributed by atoms with Crippen molar-refractivity contribution in [1.82, 2.24) is 9.97 Å². The fourth-order valence-corrected chi connectivity index (χ4v) is 3.20. The maximum absolute atomic E-state index is 5.95. The molecule has 3 nitrogen and oxygen atoms in total. The van der Waals surface area contributed by atoms with Gasteiger partial charge in [0, 0.05) is 17.5 Å². The predicted octanol–water partition coefficient (Wildman–Crippen LogP) is 5.74. The smallest absolute Gasteiger partial charge is 0.223 e. The normalized spacial score (nSPS) is 10.7. The summed E-state index contributed by atoms with van der Waals surface area (Å²) in [5, 5.41) is 0.752. The minimum atomic E-state index is 0.601. The Kier molecular flexibility index (Phi) is 5.71. The van der Waals surface area contributed by atoms with Crippen molar-refractivity contribution >= 4 is 11.8 Å². The molecule has 3 aromatic rings. The Hall–Kier alpha value is -2.33. The van der Waals surface area contributed by atoms with E-state index in [1.54, 1.807) is 11.8 Å². The molecule has 0 spiro atoms. The zero-order valence-corrected chi connectivity index (χ0v) is 15.6. The van der Waals surface area contributed by atoms with Gasteiger partial charge in [-0.25, -0.2) is 4.98 Å². The monoisotopic (exact) mass is 350 g/mol. The second-order valence-corrected chi connectivity index (χ2v) is 6.97. The number of nitrogens with zero attached hydrogens (tertiary/aromatic N) is 2. The topological polar surface area (TPSA) is 35.0 Å². The van der Waals surface area contributed by atoms with E-state index < -0.39 is 0 Å². The number of hydrogen-bond acceptors (Lipinski definition) is 4. The van der Waals surface area contributed by atoms with Crippen LogP contribution in [-0.2, 0) is 12.2 Å². The summed E-state index contributed by atoms with van der Waals surface area (Å²) in [5.74, 6) is 2.25. The van der Waals surface area contributed by atoms with Crippen LogP contribution < -0.4 is 4.74 Å². The lowest BCUT2D eigenvalue weighted by Crippen LogP contribution is -1.97. The molecule has 0 saturated heterocycles. The molecule has 0 N–H and O–H groups in total. The van der Waals surface area contributed by atoms with Crippen molar-refractivity contribution in [3.8, 4) is 11.6 Å². The Morgan fingerprint density at radius 1 is 0.920 bits per heavy atom. The molecule has 0 atom stereocenters. The van der Waals surface area contributed by atoms with Crippen molar-refractivity contribution in [2.45, 2.75) is 38.1 Å². The second-order valence-electron chi connectivity index (χ2n) is 6.03. The van der Waals surface area contributed by atoms with E-state index in [9.17, 15) is 0 Å². The molecule has 0 aliphatic rings. The molecule has 1 heterocycles. The van der Waals surface area contributed by atoms with Crippen molar-refractivity contribution in [3.63, 3.8) is 0 Å². The number of rotatable bonds is 6. The van der Waals surface area contributed by atoms with Gasteiger partial charge in [-0.15, -0.1) is 0 Å². The van der Waals surface area contributed by atoms with Gasteiger partial charge in [-0.1, -0.05) is 60.6 Å². The molecule has 25 heavy (non-hydrogen) atoms. The van der Waals surface area contributed by atoms with Gasteiger partial charge in [0.05, 0.1) is 0 Å². The lowest BCUT2D eigenvalue weighted by Gasteiger charge is -2.09. The maximum atomic E-state index is 5.95. The molecule has 1 aromatic heterocycles. The first-order chi connectivity index (χ1) is 12.1. The largest absolute Gasteiger partial charge is 0.439 e. The standard InChI is InChI=1S/C21H22N2OS/c1-4-18-13-20(24-19-7-5-6-16(3)12-19)23-21(22-18)25-14-17-10-8-15(2)9-11-17/h5-13H,4,14H2,1-3H3.